The van der Waals surface area contributed by atoms with Crippen molar-refractivity contribution in [3.8, 4) is 32.3 Å². The summed E-state index contributed by atoms with van der Waals surface area (Å²) in [7, 11) is -3.43. The Balaban J connectivity index is 2.03. The lowest BCUT2D eigenvalue weighted by molar-refractivity contribution is 0.602. The molecular formula is C23H17Cl2NO2S2. The molecule has 1 heterocycles. The Morgan fingerprint density at radius 3 is 2.20 bits per heavy atom. The van der Waals surface area contributed by atoms with Crippen LogP contribution in [-0.2, 0) is 9.84 Å². The van der Waals surface area contributed by atoms with Gasteiger partial charge in [0.15, 0.2) is 9.84 Å². The highest BCUT2D eigenvalue weighted by Gasteiger charge is 2.22. The molecule has 0 saturated carbocycles. The summed E-state index contributed by atoms with van der Waals surface area (Å²) in [6.07, 6.45) is 1.21. The number of hydrogen-bond acceptors (Lipinski definition) is 4. The quantitative estimate of drug-likeness (QED) is 0.315. The first-order valence-electron chi connectivity index (χ1n) is 9.07. The third-order valence-corrected chi connectivity index (χ3v) is 7.72. The van der Waals surface area contributed by atoms with Gasteiger partial charge in [0, 0.05) is 28.0 Å². The van der Waals surface area contributed by atoms with Crippen molar-refractivity contribution in [3.63, 3.8) is 0 Å². The minimum Gasteiger partial charge on any atom is -0.235 e. The van der Waals surface area contributed by atoms with Gasteiger partial charge in [-0.15, -0.1) is 11.3 Å². The number of rotatable bonds is 4. The second-order valence-corrected chi connectivity index (χ2v) is 10.7. The summed E-state index contributed by atoms with van der Waals surface area (Å²) in [4.78, 5) is 5.88. The van der Waals surface area contributed by atoms with Gasteiger partial charge in [-0.1, -0.05) is 71.7 Å². The first kappa shape index (κ1) is 21.1. The maximum atomic E-state index is 12.4. The van der Waals surface area contributed by atoms with E-state index in [4.69, 9.17) is 28.2 Å². The molecule has 0 N–H and O–H groups in total. The van der Waals surface area contributed by atoms with Gasteiger partial charge in [-0.25, -0.2) is 13.4 Å². The van der Waals surface area contributed by atoms with E-state index in [0.29, 0.717) is 26.3 Å². The molecular weight excluding hydrogens is 457 g/mol. The van der Waals surface area contributed by atoms with Crippen LogP contribution in [0.4, 0.5) is 0 Å². The van der Waals surface area contributed by atoms with Crippen molar-refractivity contribution >= 4 is 44.4 Å². The van der Waals surface area contributed by atoms with Gasteiger partial charge in [0.05, 0.1) is 20.5 Å². The van der Waals surface area contributed by atoms with Crippen LogP contribution in [0.5, 0.6) is 0 Å². The summed E-state index contributed by atoms with van der Waals surface area (Å²) in [6, 6.07) is 20.2. The molecule has 1 aromatic heterocycles. The first-order chi connectivity index (χ1) is 14.3. The lowest BCUT2D eigenvalue weighted by Crippen LogP contribution is -1.99. The highest BCUT2D eigenvalue weighted by atomic mass is 35.5. The fraction of sp³-hybridized carbons (Fsp3) is 0.0870. The molecule has 3 aromatic carbocycles. The fourth-order valence-electron chi connectivity index (χ4n) is 3.17. The van der Waals surface area contributed by atoms with Crippen molar-refractivity contribution in [1.82, 2.24) is 4.98 Å². The van der Waals surface area contributed by atoms with Crippen LogP contribution < -0.4 is 0 Å². The van der Waals surface area contributed by atoms with Crippen LogP contribution in [0.1, 0.15) is 5.56 Å². The Morgan fingerprint density at radius 2 is 1.53 bits per heavy atom. The van der Waals surface area contributed by atoms with E-state index in [1.54, 1.807) is 18.2 Å². The molecule has 0 aliphatic carbocycles. The van der Waals surface area contributed by atoms with Crippen LogP contribution >= 0.6 is 34.5 Å². The molecule has 0 bridgehead atoms. The molecule has 0 aliphatic rings. The smallest absolute Gasteiger partial charge is 0.176 e. The molecule has 30 heavy (non-hydrogen) atoms. The molecule has 0 radical (unpaired) electrons. The topological polar surface area (TPSA) is 47.0 Å². The second kappa shape index (κ2) is 8.16. The molecule has 4 rings (SSSR count). The molecule has 0 fully saturated rings. The van der Waals surface area contributed by atoms with Gasteiger partial charge in [0.1, 0.15) is 5.01 Å². The van der Waals surface area contributed by atoms with E-state index in [-0.39, 0.29) is 4.90 Å². The third kappa shape index (κ3) is 4.03. The van der Waals surface area contributed by atoms with E-state index in [0.717, 1.165) is 21.6 Å². The van der Waals surface area contributed by atoms with Gasteiger partial charge in [-0.3, -0.25) is 0 Å². The SMILES string of the molecule is Cc1ccc(-c2nc(-c3ccccc3Cl)sc2-c2ccccc2S(C)(=O)=O)cc1Cl. The zero-order chi connectivity index (χ0) is 21.5. The normalized spacial score (nSPS) is 11.6. The monoisotopic (exact) mass is 473 g/mol. The van der Waals surface area contributed by atoms with E-state index in [9.17, 15) is 8.42 Å². The molecule has 0 aliphatic heterocycles. The van der Waals surface area contributed by atoms with Gasteiger partial charge < -0.3 is 0 Å². The summed E-state index contributed by atoms with van der Waals surface area (Å²) in [5.41, 5.74) is 3.86. The lowest BCUT2D eigenvalue weighted by Gasteiger charge is -2.09. The molecule has 7 heteroatoms. The number of halogens is 2. The molecule has 0 unspecified atom stereocenters. The number of thiazole rings is 1. The lowest BCUT2D eigenvalue weighted by atomic mass is 10.1. The average Bonchev–Trinajstić information content (AvgIpc) is 3.15. The molecule has 4 aromatic rings. The van der Waals surface area contributed by atoms with Gasteiger partial charge in [0.25, 0.3) is 0 Å². The minimum atomic E-state index is -3.43. The fourth-order valence-corrected chi connectivity index (χ4v) is 5.75. The average molecular weight is 474 g/mol. The van der Waals surface area contributed by atoms with Crippen molar-refractivity contribution in [3.05, 3.63) is 82.3 Å². The van der Waals surface area contributed by atoms with E-state index in [1.165, 1.54) is 17.6 Å². The largest absolute Gasteiger partial charge is 0.235 e. The van der Waals surface area contributed by atoms with Crippen LogP contribution in [0.3, 0.4) is 0 Å². The van der Waals surface area contributed by atoms with E-state index in [2.05, 4.69) is 0 Å². The Morgan fingerprint density at radius 1 is 0.867 bits per heavy atom. The predicted octanol–water partition coefficient (Wildman–Crippen LogP) is 7.16. The van der Waals surface area contributed by atoms with Crippen molar-refractivity contribution in [1.29, 1.82) is 0 Å². The van der Waals surface area contributed by atoms with Gasteiger partial charge in [0.2, 0.25) is 0 Å². The van der Waals surface area contributed by atoms with Crippen LogP contribution in [0, 0.1) is 6.92 Å². The molecule has 0 amide bonds. The minimum absolute atomic E-state index is 0.263. The highest BCUT2D eigenvalue weighted by molar-refractivity contribution is 7.90. The van der Waals surface area contributed by atoms with Crippen LogP contribution in [0.15, 0.2) is 71.6 Å². The van der Waals surface area contributed by atoms with E-state index in [1.807, 2.05) is 55.5 Å². The van der Waals surface area contributed by atoms with Crippen molar-refractivity contribution in [2.45, 2.75) is 11.8 Å². The Hall–Kier alpha value is -2.18. The van der Waals surface area contributed by atoms with E-state index >= 15 is 0 Å². The highest BCUT2D eigenvalue weighted by Crippen LogP contribution is 2.44. The number of aryl methyl sites for hydroxylation is 1. The summed E-state index contributed by atoms with van der Waals surface area (Å²) < 4.78 is 24.9. The molecule has 0 saturated heterocycles. The molecule has 0 atom stereocenters. The molecule has 0 spiro atoms. The zero-order valence-electron chi connectivity index (χ0n) is 16.2. The summed E-state index contributed by atoms with van der Waals surface area (Å²) in [6.45, 7) is 1.93. The van der Waals surface area contributed by atoms with Crippen LogP contribution in [0.25, 0.3) is 32.3 Å². The van der Waals surface area contributed by atoms with Crippen molar-refractivity contribution < 1.29 is 8.42 Å². The van der Waals surface area contributed by atoms with Gasteiger partial charge in [-0.2, -0.15) is 0 Å². The number of benzene rings is 3. The molecule has 152 valence electrons. The van der Waals surface area contributed by atoms with Gasteiger partial charge >= 0.3 is 0 Å². The summed E-state index contributed by atoms with van der Waals surface area (Å²) in [5, 5.41) is 1.93. The summed E-state index contributed by atoms with van der Waals surface area (Å²) in [5.74, 6) is 0. The maximum Gasteiger partial charge on any atom is 0.176 e. The number of nitrogens with zero attached hydrogens (tertiary/aromatic N) is 1. The zero-order valence-corrected chi connectivity index (χ0v) is 19.3. The standard InChI is InChI=1S/C23H17Cl2NO2S2/c1-14-11-12-15(13-19(14)25)21-22(17-8-4-6-10-20(17)30(2,27)28)29-23(26-21)16-7-3-5-9-18(16)24/h3-13H,1-2H3. The Kier molecular flexibility index (Phi) is 5.73. The van der Waals surface area contributed by atoms with Crippen LogP contribution in [0.2, 0.25) is 10.0 Å². The number of aromatic nitrogens is 1. The number of sulfone groups is 1. The van der Waals surface area contributed by atoms with Crippen molar-refractivity contribution in [2.75, 3.05) is 6.26 Å². The Bertz CT molecular complexity index is 1360. The molecule has 3 nitrogen and oxygen atoms in total. The second-order valence-electron chi connectivity index (χ2n) is 6.91. The van der Waals surface area contributed by atoms with E-state index < -0.39 is 9.84 Å². The first-order valence-corrected chi connectivity index (χ1v) is 12.5. The van der Waals surface area contributed by atoms with Gasteiger partial charge in [-0.05, 0) is 30.7 Å². The Labute approximate surface area is 189 Å². The third-order valence-electron chi connectivity index (χ3n) is 4.71. The maximum absolute atomic E-state index is 12.4. The van der Waals surface area contributed by atoms with Crippen LogP contribution in [-0.4, -0.2) is 19.7 Å². The predicted molar refractivity (Wildman–Crippen MR) is 126 cm³/mol. The summed E-state index contributed by atoms with van der Waals surface area (Å²) >= 11 is 14.2. The number of hydrogen-bond donors (Lipinski definition) is 0. The van der Waals surface area contributed by atoms with Crippen molar-refractivity contribution in [2.24, 2.45) is 0 Å².